The lowest BCUT2D eigenvalue weighted by Gasteiger charge is -2.27. The zero-order chi connectivity index (χ0) is 19.3. The van der Waals surface area contributed by atoms with Gasteiger partial charge in [0, 0.05) is 36.8 Å². The highest BCUT2D eigenvalue weighted by Crippen LogP contribution is 2.20. The lowest BCUT2D eigenvalue weighted by molar-refractivity contribution is 0.0942. The highest BCUT2D eigenvalue weighted by Gasteiger charge is 2.18. The molecule has 0 radical (unpaired) electrons. The molecule has 0 unspecified atom stereocenters. The van der Waals surface area contributed by atoms with Crippen LogP contribution >= 0.6 is 12.4 Å². The summed E-state index contributed by atoms with van der Waals surface area (Å²) in [7, 11) is -3.73. The summed E-state index contributed by atoms with van der Waals surface area (Å²) in [6.45, 7) is 4.86. The average molecular weight is 426 g/mol. The first kappa shape index (κ1) is 22.0. The minimum atomic E-state index is -3.73. The smallest absolute Gasteiger partial charge is 0.261 e. The molecule has 1 aliphatic rings. The number of sulfonamides is 1. The van der Waals surface area contributed by atoms with E-state index in [0.29, 0.717) is 36.1 Å². The summed E-state index contributed by atoms with van der Waals surface area (Å²) in [6.07, 6.45) is 0. The van der Waals surface area contributed by atoms with Gasteiger partial charge in [-0.05, 0) is 55.5 Å². The standard InChI is InChI=1S/C19H23N3O4S.ClH/c1-2-26-17-7-5-16(6-8-17)22-27(24,25)18-9-3-15(4-10-18)19(23)21-13-14-11-20-12-14;/h3-10,14,20,22H,2,11-13H2,1H3,(H,21,23);1H. The molecule has 0 aromatic heterocycles. The molecule has 3 N–H and O–H groups in total. The van der Waals surface area contributed by atoms with Crippen LogP contribution < -0.4 is 20.1 Å². The Morgan fingerprint density at radius 2 is 1.75 bits per heavy atom. The molecule has 152 valence electrons. The molecule has 1 aliphatic heterocycles. The van der Waals surface area contributed by atoms with Gasteiger partial charge in [0.1, 0.15) is 5.75 Å². The van der Waals surface area contributed by atoms with E-state index >= 15 is 0 Å². The molecule has 0 bridgehead atoms. The third-order valence-corrected chi connectivity index (χ3v) is 5.66. The molecule has 28 heavy (non-hydrogen) atoms. The van der Waals surface area contributed by atoms with Gasteiger partial charge in [-0.3, -0.25) is 9.52 Å². The Morgan fingerprint density at radius 1 is 1.11 bits per heavy atom. The summed E-state index contributed by atoms with van der Waals surface area (Å²) in [6, 6.07) is 12.6. The highest BCUT2D eigenvalue weighted by atomic mass is 35.5. The van der Waals surface area contributed by atoms with Crippen LogP contribution in [0.5, 0.6) is 5.75 Å². The van der Waals surface area contributed by atoms with E-state index < -0.39 is 10.0 Å². The Kier molecular flexibility index (Phi) is 7.68. The van der Waals surface area contributed by atoms with E-state index in [-0.39, 0.29) is 23.2 Å². The SMILES string of the molecule is CCOc1ccc(NS(=O)(=O)c2ccc(C(=O)NCC3CNC3)cc2)cc1.Cl. The van der Waals surface area contributed by atoms with E-state index in [0.717, 1.165) is 13.1 Å². The van der Waals surface area contributed by atoms with Crippen LogP contribution in [0.25, 0.3) is 0 Å². The van der Waals surface area contributed by atoms with Gasteiger partial charge in [-0.1, -0.05) is 0 Å². The number of benzene rings is 2. The molecule has 1 saturated heterocycles. The van der Waals surface area contributed by atoms with Crippen molar-refractivity contribution in [1.29, 1.82) is 0 Å². The van der Waals surface area contributed by atoms with Gasteiger partial charge in [0.15, 0.2) is 0 Å². The molecule has 2 aromatic carbocycles. The van der Waals surface area contributed by atoms with Crippen molar-refractivity contribution in [3.05, 3.63) is 54.1 Å². The largest absolute Gasteiger partial charge is 0.494 e. The summed E-state index contributed by atoms with van der Waals surface area (Å²) >= 11 is 0. The van der Waals surface area contributed by atoms with E-state index in [2.05, 4.69) is 15.4 Å². The molecule has 1 fully saturated rings. The van der Waals surface area contributed by atoms with Crippen LogP contribution in [0.2, 0.25) is 0 Å². The fourth-order valence-electron chi connectivity index (χ4n) is 2.62. The number of halogens is 1. The van der Waals surface area contributed by atoms with Crippen LogP contribution in [0.15, 0.2) is 53.4 Å². The molecule has 7 nitrogen and oxygen atoms in total. The summed E-state index contributed by atoms with van der Waals surface area (Å²) in [4.78, 5) is 12.2. The fourth-order valence-corrected chi connectivity index (χ4v) is 3.68. The molecule has 0 aliphatic carbocycles. The summed E-state index contributed by atoms with van der Waals surface area (Å²) < 4.78 is 32.9. The van der Waals surface area contributed by atoms with Crippen molar-refractivity contribution in [2.75, 3.05) is 31.0 Å². The van der Waals surface area contributed by atoms with Crippen molar-refractivity contribution in [2.45, 2.75) is 11.8 Å². The molecule has 0 atom stereocenters. The maximum Gasteiger partial charge on any atom is 0.261 e. The Morgan fingerprint density at radius 3 is 2.29 bits per heavy atom. The second-order valence-corrected chi connectivity index (χ2v) is 8.00. The molecular formula is C19H24ClN3O4S. The van der Waals surface area contributed by atoms with Crippen LogP contribution in [-0.4, -0.2) is 40.6 Å². The number of rotatable bonds is 8. The van der Waals surface area contributed by atoms with E-state index in [1.54, 1.807) is 24.3 Å². The van der Waals surface area contributed by atoms with E-state index in [1.807, 2.05) is 6.92 Å². The van der Waals surface area contributed by atoms with Gasteiger partial charge in [-0.15, -0.1) is 12.4 Å². The molecule has 9 heteroatoms. The maximum absolute atomic E-state index is 12.5. The first-order valence-corrected chi connectivity index (χ1v) is 10.3. The number of ether oxygens (including phenoxy) is 1. The number of amides is 1. The monoisotopic (exact) mass is 425 g/mol. The molecule has 2 aromatic rings. The van der Waals surface area contributed by atoms with Crippen molar-refractivity contribution in [2.24, 2.45) is 5.92 Å². The third-order valence-electron chi connectivity index (χ3n) is 4.26. The lowest BCUT2D eigenvalue weighted by Crippen LogP contribution is -2.48. The van der Waals surface area contributed by atoms with Gasteiger partial charge in [-0.2, -0.15) is 0 Å². The summed E-state index contributed by atoms with van der Waals surface area (Å²) in [5.74, 6) is 0.936. The Hall–Kier alpha value is -2.29. The quantitative estimate of drug-likeness (QED) is 0.602. The molecule has 1 heterocycles. The Bertz CT molecular complexity index is 882. The molecule has 0 spiro atoms. The van der Waals surface area contributed by atoms with Crippen LogP contribution in [0, 0.1) is 5.92 Å². The molecule has 3 rings (SSSR count). The normalized spacial score (nSPS) is 13.8. The fraction of sp³-hybridized carbons (Fsp3) is 0.316. The van der Waals surface area contributed by atoms with Crippen molar-refractivity contribution in [3.63, 3.8) is 0 Å². The minimum Gasteiger partial charge on any atom is -0.494 e. The van der Waals surface area contributed by atoms with Crippen LogP contribution in [-0.2, 0) is 10.0 Å². The predicted molar refractivity (Wildman–Crippen MR) is 111 cm³/mol. The molecule has 0 saturated carbocycles. The second-order valence-electron chi connectivity index (χ2n) is 6.32. The zero-order valence-electron chi connectivity index (χ0n) is 15.5. The van der Waals surface area contributed by atoms with Crippen molar-refractivity contribution < 1.29 is 17.9 Å². The first-order valence-electron chi connectivity index (χ1n) is 8.82. The number of anilines is 1. The van der Waals surface area contributed by atoms with Gasteiger partial charge in [-0.25, -0.2) is 8.42 Å². The maximum atomic E-state index is 12.5. The van der Waals surface area contributed by atoms with Gasteiger partial charge in [0.2, 0.25) is 0 Å². The van der Waals surface area contributed by atoms with Crippen LogP contribution in [0.3, 0.4) is 0 Å². The van der Waals surface area contributed by atoms with Gasteiger partial charge < -0.3 is 15.4 Å². The summed E-state index contributed by atoms with van der Waals surface area (Å²) in [5, 5.41) is 6.00. The first-order chi connectivity index (χ1) is 13.0. The Balaban J connectivity index is 0.00000280. The number of nitrogens with one attached hydrogen (secondary N) is 3. The molecular weight excluding hydrogens is 402 g/mol. The second kappa shape index (κ2) is 9.77. The number of carbonyl (C=O) groups excluding carboxylic acids is 1. The zero-order valence-corrected chi connectivity index (χ0v) is 17.1. The van der Waals surface area contributed by atoms with Gasteiger partial charge >= 0.3 is 0 Å². The summed E-state index contributed by atoms with van der Waals surface area (Å²) in [5.41, 5.74) is 0.872. The predicted octanol–water partition coefficient (Wildman–Crippen LogP) is 2.26. The van der Waals surface area contributed by atoms with Crippen LogP contribution in [0.4, 0.5) is 5.69 Å². The van der Waals surface area contributed by atoms with Gasteiger partial charge in [0.25, 0.3) is 15.9 Å². The highest BCUT2D eigenvalue weighted by molar-refractivity contribution is 7.92. The van der Waals surface area contributed by atoms with Crippen LogP contribution in [0.1, 0.15) is 17.3 Å². The third kappa shape index (κ3) is 5.60. The number of hydrogen-bond donors (Lipinski definition) is 3. The topological polar surface area (TPSA) is 96.5 Å². The Labute approximate surface area is 171 Å². The lowest BCUT2D eigenvalue weighted by atomic mass is 10.0. The van der Waals surface area contributed by atoms with E-state index in [9.17, 15) is 13.2 Å². The van der Waals surface area contributed by atoms with Crippen molar-refractivity contribution >= 4 is 34.0 Å². The van der Waals surface area contributed by atoms with Gasteiger partial charge in [0.05, 0.1) is 11.5 Å². The minimum absolute atomic E-state index is 0. The number of carbonyl (C=O) groups is 1. The molecule has 1 amide bonds. The van der Waals surface area contributed by atoms with E-state index in [4.69, 9.17) is 4.74 Å². The van der Waals surface area contributed by atoms with Crippen molar-refractivity contribution in [1.82, 2.24) is 10.6 Å². The van der Waals surface area contributed by atoms with E-state index in [1.165, 1.54) is 24.3 Å². The average Bonchev–Trinajstić information content (AvgIpc) is 2.62. The number of hydrogen-bond acceptors (Lipinski definition) is 5. The van der Waals surface area contributed by atoms with Crippen molar-refractivity contribution in [3.8, 4) is 5.75 Å².